The number of carbonyl (C=O) groups is 3. The number of rotatable bonds is 5. The molecule has 3 aliphatic heterocycles. The van der Waals surface area contributed by atoms with Crippen molar-refractivity contribution in [1.29, 1.82) is 0 Å². The fourth-order valence-corrected chi connectivity index (χ4v) is 6.24. The van der Waals surface area contributed by atoms with Gasteiger partial charge in [0.05, 0.1) is 11.4 Å². The van der Waals surface area contributed by atoms with E-state index >= 15 is 4.39 Å². The van der Waals surface area contributed by atoms with Crippen LogP contribution in [-0.4, -0.2) is 54.3 Å². The second-order valence-corrected chi connectivity index (χ2v) is 11.5. The molecular formula is C32H31ClFN5O3. The molecule has 4 amide bonds. The van der Waals surface area contributed by atoms with Gasteiger partial charge in [0.25, 0.3) is 5.91 Å². The fourth-order valence-electron chi connectivity index (χ4n) is 6.11. The van der Waals surface area contributed by atoms with Crippen molar-refractivity contribution in [2.24, 2.45) is 16.8 Å². The van der Waals surface area contributed by atoms with Gasteiger partial charge in [0.2, 0.25) is 12.1 Å². The van der Waals surface area contributed by atoms with E-state index in [1.165, 1.54) is 11.0 Å². The third-order valence-electron chi connectivity index (χ3n) is 8.28. The van der Waals surface area contributed by atoms with Crippen LogP contribution in [0.1, 0.15) is 36.8 Å². The summed E-state index contributed by atoms with van der Waals surface area (Å²) in [5, 5.41) is 5.82. The van der Waals surface area contributed by atoms with Crippen LogP contribution in [0.5, 0.6) is 0 Å². The number of benzene rings is 3. The topological polar surface area (TPSA) is 94.1 Å². The van der Waals surface area contributed by atoms with Crippen LogP contribution in [0.3, 0.4) is 0 Å². The SMILES string of the molecule is O=C(Nc1ccc(Cl)cc1)N[C@@H]1N=C(c2ccccc2F)c2ccccc2N(CC(=O)N2CC3CCC(CC3)C2)C1=O. The lowest BCUT2D eigenvalue weighted by molar-refractivity contribution is -0.132. The molecule has 2 bridgehead atoms. The average molecular weight is 588 g/mol. The van der Waals surface area contributed by atoms with Crippen LogP contribution in [0.15, 0.2) is 77.8 Å². The Hall–Kier alpha value is -4.24. The van der Waals surface area contributed by atoms with Crippen LogP contribution >= 0.6 is 11.6 Å². The smallest absolute Gasteiger partial charge is 0.321 e. The molecule has 4 aliphatic rings. The van der Waals surface area contributed by atoms with Gasteiger partial charge in [0.1, 0.15) is 12.4 Å². The molecule has 3 aromatic carbocycles. The number of para-hydroxylation sites is 1. The van der Waals surface area contributed by atoms with Crippen LogP contribution in [-0.2, 0) is 9.59 Å². The highest BCUT2D eigenvalue weighted by Crippen LogP contribution is 2.34. The molecule has 0 spiro atoms. The Morgan fingerprint density at radius 3 is 2.17 bits per heavy atom. The summed E-state index contributed by atoms with van der Waals surface area (Å²) >= 11 is 5.96. The quantitative estimate of drug-likeness (QED) is 0.415. The highest BCUT2D eigenvalue weighted by Gasteiger charge is 2.37. The Morgan fingerprint density at radius 2 is 1.50 bits per heavy atom. The van der Waals surface area contributed by atoms with Crippen molar-refractivity contribution in [2.45, 2.75) is 31.8 Å². The third-order valence-corrected chi connectivity index (χ3v) is 8.53. The first-order chi connectivity index (χ1) is 20.4. The van der Waals surface area contributed by atoms with Crippen LogP contribution in [0.4, 0.5) is 20.6 Å². The Labute approximate surface area is 248 Å². The molecule has 1 saturated carbocycles. The Morgan fingerprint density at radius 1 is 0.881 bits per heavy atom. The van der Waals surface area contributed by atoms with E-state index in [1.807, 2.05) is 4.90 Å². The van der Waals surface area contributed by atoms with E-state index in [9.17, 15) is 14.4 Å². The number of aliphatic imine (C=N–C) groups is 1. The van der Waals surface area contributed by atoms with Crippen molar-refractivity contribution in [3.63, 3.8) is 0 Å². The van der Waals surface area contributed by atoms with Crippen LogP contribution in [0.25, 0.3) is 0 Å². The largest absolute Gasteiger partial charge is 0.341 e. The van der Waals surface area contributed by atoms with E-state index in [0.717, 1.165) is 25.7 Å². The van der Waals surface area contributed by atoms with Gasteiger partial charge >= 0.3 is 6.03 Å². The normalized spacial score (nSPS) is 21.6. The number of fused-ring (bicyclic) bond motifs is 5. The third kappa shape index (κ3) is 5.87. The molecule has 3 fully saturated rings. The van der Waals surface area contributed by atoms with E-state index in [4.69, 9.17) is 11.6 Å². The molecule has 0 unspecified atom stereocenters. The van der Waals surface area contributed by atoms with Gasteiger partial charge in [0, 0.05) is 34.9 Å². The van der Waals surface area contributed by atoms with Crippen molar-refractivity contribution in [3.8, 4) is 0 Å². The molecule has 3 aromatic rings. The number of hydrogen-bond donors (Lipinski definition) is 2. The number of urea groups is 1. The number of carbonyl (C=O) groups excluding carboxylic acids is 3. The number of anilines is 2. The van der Waals surface area contributed by atoms with E-state index in [-0.39, 0.29) is 23.7 Å². The zero-order chi connectivity index (χ0) is 29.2. The minimum Gasteiger partial charge on any atom is -0.341 e. The van der Waals surface area contributed by atoms with E-state index in [1.54, 1.807) is 66.7 Å². The maximum absolute atomic E-state index is 15.1. The van der Waals surface area contributed by atoms with Crippen molar-refractivity contribution < 1.29 is 18.8 Å². The van der Waals surface area contributed by atoms with Crippen LogP contribution in [0.2, 0.25) is 5.02 Å². The standard InChI is InChI=1S/C32H31ClFN5O3/c33-22-13-15-23(16-14-22)35-32(42)37-30-31(41)39(19-28(40)38-17-20-9-10-21(18-38)12-11-20)27-8-4-2-6-25(27)29(36-30)24-5-1-3-7-26(24)34/h1-8,13-16,20-21,30H,9-12,17-19H2,(H2,35,37,42)/t20?,21?,30-/m0/s1. The maximum atomic E-state index is 15.1. The van der Waals surface area contributed by atoms with Crippen LogP contribution < -0.4 is 15.5 Å². The Kier molecular flexibility index (Phi) is 7.93. The highest BCUT2D eigenvalue weighted by molar-refractivity contribution is 6.30. The van der Waals surface area contributed by atoms with Gasteiger partial charge in [-0.25, -0.2) is 14.2 Å². The lowest BCUT2D eigenvalue weighted by atomic mass is 9.84. The molecule has 10 heteroatoms. The summed E-state index contributed by atoms with van der Waals surface area (Å²) in [7, 11) is 0. The number of nitrogens with zero attached hydrogens (tertiary/aromatic N) is 3. The number of nitrogens with one attached hydrogen (secondary N) is 2. The number of benzodiazepines with no additional fused rings is 1. The second-order valence-electron chi connectivity index (χ2n) is 11.1. The summed E-state index contributed by atoms with van der Waals surface area (Å²) in [6, 6.07) is 19.0. The minimum absolute atomic E-state index is 0.157. The second kappa shape index (κ2) is 11.9. The molecule has 0 radical (unpaired) electrons. The predicted molar refractivity (Wildman–Crippen MR) is 160 cm³/mol. The first-order valence-corrected chi connectivity index (χ1v) is 14.6. The summed E-state index contributed by atoms with van der Waals surface area (Å²) in [5.74, 6) is -0.321. The number of amides is 4. The van der Waals surface area contributed by atoms with Crippen molar-refractivity contribution >= 4 is 46.5 Å². The van der Waals surface area contributed by atoms with Gasteiger partial charge < -0.3 is 15.5 Å². The molecule has 42 heavy (non-hydrogen) atoms. The van der Waals surface area contributed by atoms with Gasteiger partial charge in [-0.3, -0.25) is 14.5 Å². The van der Waals surface area contributed by atoms with Crippen molar-refractivity contribution in [2.75, 3.05) is 29.9 Å². The molecule has 8 nitrogen and oxygen atoms in total. The molecule has 1 aliphatic carbocycles. The van der Waals surface area contributed by atoms with Crippen molar-refractivity contribution in [1.82, 2.24) is 10.2 Å². The molecule has 0 aromatic heterocycles. The summed E-state index contributed by atoms with van der Waals surface area (Å²) in [6.45, 7) is 1.15. The Balaban J connectivity index is 1.35. The van der Waals surface area contributed by atoms with Crippen molar-refractivity contribution in [3.05, 3.63) is 94.8 Å². The monoisotopic (exact) mass is 587 g/mol. The molecular weight excluding hydrogens is 557 g/mol. The fraction of sp³-hybridized carbons (Fsp3) is 0.312. The summed E-state index contributed by atoms with van der Waals surface area (Å²) in [5.41, 5.74) is 1.76. The van der Waals surface area contributed by atoms with Gasteiger partial charge in [-0.2, -0.15) is 0 Å². The summed E-state index contributed by atoms with van der Waals surface area (Å²) in [4.78, 5) is 48.8. The maximum Gasteiger partial charge on any atom is 0.321 e. The number of hydrogen-bond acceptors (Lipinski definition) is 4. The first-order valence-electron chi connectivity index (χ1n) is 14.2. The molecule has 3 heterocycles. The highest BCUT2D eigenvalue weighted by atomic mass is 35.5. The lowest BCUT2D eigenvalue weighted by Crippen LogP contribution is -2.51. The average Bonchev–Trinajstić information content (AvgIpc) is 3.38. The zero-order valence-electron chi connectivity index (χ0n) is 22.9. The van der Waals surface area contributed by atoms with E-state index < -0.39 is 23.9 Å². The van der Waals surface area contributed by atoms with E-state index in [2.05, 4.69) is 15.6 Å². The summed E-state index contributed by atoms with van der Waals surface area (Å²) in [6.07, 6.45) is 3.05. The summed E-state index contributed by atoms with van der Waals surface area (Å²) < 4.78 is 15.1. The number of halogens is 2. The van der Waals surface area contributed by atoms with Crippen LogP contribution in [0, 0.1) is 17.7 Å². The lowest BCUT2D eigenvalue weighted by Gasteiger charge is -2.29. The predicted octanol–water partition coefficient (Wildman–Crippen LogP) is 5.46. The minimum atomic E-state index is -1.42. The molecule has 216 valence electrons. The Bertz CT molecular complexity index is 1520. The molecule has 1 atom stereocenters. The van der Waals surface area contributed by atoms with Gasteiger partial charge in [-0.15, -0.1) is 0 Å². The first kappa shape index (κ1) is 27.9. The molecule has 2 saturated heterocycles. The molecule has 2 N–H and O–H groups in total. The zero-order valence-corrected chi connectivity index (χ0v) is 23.7. The van der Waals surface area contributed by atoms with E-state index in [0.29, 0.717) is 46.9 Å². The van der Waals surface area contributed by atoms with Gasteiger partial charge in [-0.05, 0) is 80.0 Å². The van der Waals surface area contributed by atoms with Gasteiger partial charge in [0.15, 0.2) is 0 Å². The molecule has 7 rings (SSSR count). The van der Waals surface area contributed by atoms with Gasteiger partial charge in [-0.1, -0.05) is 41.9 Å².